The van der Waals surface area contributed by atoms with Crippen LogP contribution < -0.4 is 11.1 Å². The molecule has 0 saturated carbocycles. The molecule has 0 radical (unpaired) electrons. The van der Waals surface area contributed by atoms with Gasteiger partial charge in [0, 0.05) is 6.54 Å². The monoisotopic (exact) mass is 218 g/mol. The van der Waals surface area contributed by atoms with E-state index in [9.17, 15) is 4.79 Å². The van der Waals surface area contributed by atoms with Crippen LogP contribution in [-0.4, -0.2) is 18.5 Å². The van der Waals surface area contributed by atoms with Crippen LogP contribution >= 0.6 is 0 Å². The van der Waals surface area contributed by atoms with Crippen LogP contribution in [0.1, 0.15) is 18.1 Å². The molecule has 2 rings (SSSR count). The molecule has 3 N–H and O–H groups in total. The van der Waals surface area contributed by atoms with Crippen LogP contribution in [0, 0.1) is 5.92 Å². The summed E-state index contributed by atoms with van der Waals surface area (Å²) in [7, 11) is 0. The van der Waals surface area contributed by atoms with E-state index in [1.807, 2.05) is 0 Å². The molecule has 1 aliphatic rings. The van der Waals surface area contributed by atoms with Crippen molar-refractivity contribution in [2.24, 2.45) is 11.7 Å². The largest absolute Gasteiger partial charge is 0.354 e. The Morgan fingerprint density at radius 3 is 2.50 bits per heavy atom. The van der Waals surface area contributed by atoms with Gasteiger partial charge in [0.2, 0.25) is 5.91 Å². The minimum Gasteiger partial charge on any atom is -0.354 e. The molecule has 1 aromatic rings. The molecule has 3 nitrogen and oxygen atoms in total. The van der Waals surface area contributed by atoms with E-state index in [4.69, 9.17) is 5.73 Å². The van der Waals surface area contributed by atoms with Crippen molar-refractivity contribution in [2.75, 3.05) is 6.54 Å². The number of fused-ring (bicyclic) bond motifs is 1. The number of carbonyl (C=O) groups is 1. The van der Waals surface area contributed by atoms with E-state index in [-0.39, 0.29) is 5.91 Å². The minimum absolute atomic E-state index is 0.0593. The molecule has 1 atom stereocenters. The summed E-state index contributed by atoms with van der Waals surface area (Å²) in [5.74, 6) is 0.469. The third-order valence-electron chi connectivity index (χ3n) is 3.11. The first-order chi connectivity index (χ1) is 7.66. The maximum Gasteiger partial charge on any atom is 0.236 e. The van der Waals surface area contributed by atoms with Gasteiger partial charge in [-0.25, -0.2) is 0 Å². The molecule has 0 saturated heterocycles. The summed E-state index contributed by atoms with van der Waals surface area (Å²) in [5.41, 5.74) is 8.33. The van der Waals surface area contributed by atoms with Crippen molar-refractivity contribution in [1.29, 1.82) is 0 Å². The number of nitrogens with one attached hydrogen (secondary N) is 1. The van der Waals surface area contributed by atoms with Crippen molar-refractivity contribution < 1.29 is 4.79 Å². The van der Waals surface area contributed by atoms with Gasteiger partial charge in [-0.2, -0.15) is 0 Å². The number of benzene rings is 1. The van der Waals surface area contributed by atoms with Crippen molar-refractivity contribution in [3.05, 3.63) is 35.4 Å². The van der Waals surface area contributed by atoms with Gasteiger partial charge in [0.1, 0.15) is 0 Å². The van der Waals surface area contributed by atoms with Gasteiger partial charge in [-0.15, -0.1) is 0 Å². The Hall–Kier alpha value is -1.35. The van der Waals surface area contributed by atoms with Crippen LogP contribution in [-0.2, 0) is 17.6 Å². The van der Waals surface area contributed by atoms with Crippen LogP contribution in [0.5, 0.6) is 0 Å². The molecule has 1 amide bonds. The van der Waals surface area contributed by atoms with E-state index in [1.54, 1.807) is 6.92 Å². The number of nitrogens with two attached hydrogens (primary N) is 1. The molecular weight excluding hydrogens is 200 g/mol. The lowest BCUT2D eigenvalue weighted by Crippen LogP contribution is -2.40. The summed E-state index contributed by atoms with van der Waals surface area (Å²) in [6.45, 7) is 2.44. The number of hydrogen-bond donors (Lipinski definition) is 2. The van der Waals surface area contributed by atoms with E-state index in [2.05, 4.69) is 29.6 Å². The van der Waals surface area contributed by atoms with Crippen molar-refractivity contribution in [2.45, 2.75) is 25.8 Å². The highest BCUT2D eigenvalue weighted by molar-refractivity contribution is 5.80. The summed E-state index contributed by atoms with van der Waals surface area (Å²) in [4.78, 5) is 11.3. The first kappa shape index (κ1) is 11.1. The highest BCUT2D eigenvalue weighted by Crippen LogP contribution is 2.25. The van der Waals surface area contributed by atoms with Gasteiger partial charge in [-0.05, 0) is 36.8 Å². The molecule has 0 heterocycles. The second kappa shape index (κ2) is 4.66. The molecule has 86 valence electrons. The summed E-state index contributed by atoms with van der Waals surface area (Å²) in [5, 5.41) is 2.89. The smallest absolute Gasteiger partial charge is 0.236 e. The molecule has 0 spiro atoms. The SMILES string of the molecule is C[C@@H](N)C(=O)NCC1Cc2ccccc2C1. The first-order valence-electron chi connectivity index (χ1n) is 5.77. The molecule has 16 heavy (non-hydrogen) atoms. The second-order valence-electron chi connectivity index (χ2n) is 4.58. The van der Waals surface area contributed by atoms with E-state index in [1.165, 1.54) is 11.1 Å². The van der Waals surface area contributed by atoms with Gasteiger partial charge in [0.25, 0.3) is 0 Å². The fourth-order valence-corrected chi connectivity index (χ4v) is 2.20. The van der Waals surface area contributed by atoms with Gasteiger partial charge in [0.05, 0.1) is 6.04 Å². The second-order valence-corrected chi connectivity index (χ2v) is 4.58. The number of carbonyl (C=O) groups excluding carboxylic acids is 1. The Balaban J connectivity index is 1.86. The predicted molar refractivity (Wildman–Crippen MR) is 64.0 cm³/mol. The van der Waals surface area contributed by atoms with Crippen LogP contribution in [0.3, 0.4) is 0 Å². The third-order valence-corrected chi connectivity index (χ3v) is 3.11. The van der Waals surface area contributed by atoms with Crippen molar-refractivity contribution in [3.8, 4) is 0 Å². The fraction of sp³-hybridized carbons (Fsp3) is 0.462. The molecule has 0 unspecified atom stereocenters. The van der Waals surface area contributed by atoms with Crippen LogP contribution in [0.2, 0.25) is 0 Å². The quantitative estimate of drug-likeness (QED) is 0.790. The molecule has 3 heteroatoms. The molecular formula is C13H18N2O. The Bertz CT molecular complexity index is 362. The summed E-state index contributed by atoms with van der Waals surface area (Å²) in [6, 6.07) is 8.07. The zero-order valence-corrected chi connectivity index (χ0v) is 9.57. The lowest BCUT2D eigenvalue weighted by atomic mass is 10.1. The standard InChI is InChI=1S/C13H18N2O/c1-9(14)13(16)15-8-10-6-11-4-2-3-5-12(11)7-10/h2-5,9-10H,6-8,14H2,1H3,(H,15,16)/t9-/m1/s1. The van der Waals surface area contributed by atoms with Crippen molar-refractivity contribution >= 4 is 5.91 Å². The molecule has 0 bridgehead atoms. The zero-order chi connectivity index (χ0) is 11.5. The maximum absolute atomic E-state index is 11.3. The van der Waals surface area contributed by atoms with Crippen LogP contribution in [0.4, 0.5) is 0 Å². The summed E-state index contributed by atoms with van der Waals surface area (Å²) in [6.07, 6.45) is 2.13. The first-order valence-corrected chi connectivity index (χ1v) is 5.77. The highest BCUT2D eigenvalue weighted by Gasteiger charge is 2.21. The van der Waals surface area contributed by atoms with Gasteiger partial charge < -0.3 is 11.1 Å². The van der Waals surface area contributed by atoms with Gasteiger partial charge in [-0.3, -0.25) is 4.79 Å². The Morgan fingerprint density at radius 2 is 2.00 bits per heavy atom. The van der Waals surface area contributed by atoms with E-state index < -0.39 is 6.04 Å². The van der Waals surface area contributed by atoms with Crippen LogP contribution in [0.15, 0.2) is 24.3 Å². The summed E-state index contributed by atoms with van der Waals surface area (Å²) < 4.78 is 0. The normalized spacial score (nSPS) is 16.9. The van der Waals surface area contributed by atoms with Crippen molar-refractivity contribution in [1.82, 2.24) is 5.32 Å². The lowest BCUT2D eigenvalue weighted by molar-refractivity contribution is -0.122. The number of amides is 1. The van der Waals surface area contributed by atoms with Gasteiger partial charge in [-0.1, -0.05) is 24.3 Å². The van der Waals surface area contributed by atoms with E-state index >= 15 is 0 Å². The number of rotatable bonds is 3. The van der Waals surface area contributed by atoms with E-state index in [0.29, 0.717) is 5.92 Å². The highest BCUT2D eigenvalue weighted by atomic mass is 16.2. The maximum atomic E-state index is 11.3. The predicted octanol–water partition coefficient (Wildman–Crippen LogP) is 0.865. The summed E-state index contributed by atoms with van der Waals surface area (Å²) >= 11 is 0. The molecule has 1 aromatic carbocycles. The molecule has 1 aliphatic carbocycles. The molecule has 0 fully saturated rings. The topological polar surface area (TPSA) is 55.1 Å². The third kappa shape index (κ3) is 2.42. The zero-order valence-electron chi connectivity index (χ0n) is 9.57. The van der Waals surface area contributed by atoms with E-state index in [0.717, 1.165) is 19.4 Å². The Kier molecular flexibility index (Phi) is 3.25. The van der Waals surface area contributed by atoms with Crippen LogP contribution in [0.25, 0.3) is 0 Å². The van der Waals surface area contributed by atoms with Gasteiger partial charge >= 0.3 is 0 Å². The average Bonchev–Trinajstić information content (AvgIpc) is 2.68. The lowest BCUT2D eigenvalue weighted by Gasteiger charge is -2.12. The Labute approximate surface area is 96.0 Å². The Morgan fingerprint density at radius 1 is 1.44 bits per heavy atom. The number of hydrogen-bond acceptors (Lipinski definition) is 2. The average molecular weight is 218 g/mol. The minimum atomic E-state index is -0.413. The van der Waals surface area contributed by atoms with Gasteiger partial charge in [0.15, 0.2) is 0 Å². The van der Waals surface area contributed by atoms with Crippen molar-refractivity contribution in [3.63, 3.8) is 0 Å². The fourth-order valence-electron chi connectivity index (χ4n) is 2.20. The molecule has 0 aliphatic heterocycles. The molecule has 0 aromatic heterocycles.